The van der Waals surface area contributed by atoms with Gasteiger partial charge in [0.25, 0.3) is 5.69 Å². The van der Waals surface area contributed by atoms with E-state index in [1.165, 1.54) is 6.92 Å². The van der Waals surface area contributed by atoms with Gasteiger partial charge >= 0.3 is 5.97 Å². The molecular weight excluding hydrogens is 336 g/mol. The van der Waals surface area contributed by atoms with E-state index in [1.807, 2.05) is 0 Å². The Morgan fingerprint density at radius 3 is 2.50 bits per heavy atom. The molecule has 0 bridgehead atoms. The summed E-state index contributed by atoms with van der Waals surface area (Å²) in [6.45, 7) is 2.34. The number of carboxylic acids is 1. The van der Waals surface area contributed by atoms with Gasteiger partial charge in [0, 0.05) is 18.2 Å². The van der Waals surface area contributed by atoms with E-state index in [1.54, 1.807) is 6.92 Å². The topological polar surface area (TPSA) is 118 Å². The molecule has 1 rings (SSSR count). The van der Waals surface area contributed by atoms with Crippen molar-refractivity contribution in [3.63, 3.8) is 0 Å². The van der Waals surface area contributed by atoms with Crippen molar-refractivity contribution in [2.75, 3.05) is 13.1 Å². The van der Waals surface area contributed by atoms with Crippen LogP contribution < -0.4 is 0 Å². The summed E-state index contributed by atoms with van der Waals surface area (Å²) in [4.78, 5) is 20.7. The van der Waals surface area contributed by atoms with Crippen LogP contribution >= 0.6 is 11.6 Å². The highest BCUT2D eigenvalue weighted by molar-refractivity contribution is 7.89. The molecule has 0 fully saturated rings. The van der Waals surface area contributed by atoms with Crippen molar-refractivity contribution in [1.29, 1.82) is 0 Å². The summed E-state index contributed by atoms with van der Waals surface area (Å²) in [5.74, 6) is -1.32. The van der Waals surface area contributed by atoms with Crippen molar-refractivity contribution in [2.45, 2.75) is 25.2 Å². The van der Waals surface area contributed by atoms with Crippen molar-refractivity contribution >= 4 is 33.3 Å². The molecule has 1 N–H and O–H groups in total. The lowest BCUT2D eigenvalue weighted by molar-refractivity contribution is -0.385. The summed E-state index contributed by atoms with van der Waals surface area (Å²) < 4.78 is 25.7. The van der Waals surface area contributed by atoms with Crippen LogP contribution in [0.5, 0.6) is 0 Å². The predicted octanol–water partition coefficient (Wildman–Crippen LogP) is 2.04. The summed E-state index contributed by atoms with van der Waals surface area (Å²) in [6.07, 6.45) is 0.397. The molecule has 0 saturated heterocycles. The van der Waals surface area contributed by atoms with Gasteiger partial charge in [-0.05, 0) is 19.4 Å². The molecular formula is C12H15ClN2O6S. The first kappa shape index (κ1) is 18.3. The smallest absolute Gasteiger partial charge is 0.318 e. The lowest BCUT2D eigenvalue weighted by Crippen LogP contribution is -2.36. The normalized spacial score (nSPS) is 11.6. The van der Waals surface area contributed by atoms with Gasteiger partial charge in [-0.3, -0.25) is 14.9 Å². The van der Waals surface area contributed by atoms with Gasteiger partial charge in [-0.1, -0.05) is 18.5 Å². The Labute approximate surface area is 132 Å². The average molecular weight is 351 g/mol. The fourth-order valence-electron chi connectivity index (χ4n) is 1.81. The first-order valence-corrected chi connectivity index (χ1v) is 8.09. The molecule has 0 radical (unpaired) electrons. The van der Waals surface area contributed by atoms with E-state index in [9.17, 15) is 23.3 Å². The van der Waals surface area contributed by atoms with Gasteiger partial charge in [0.1, 0.15) is 6.54 Å². The number of hydrogen-bond acceptors (Lipinski definition) is 5. The molecule has 0 aliphatic rings. The van der Waals surface area contributed by atoms with Crippen LogP contribution in [0.1, 0.15) is 18.9 Å². The van der Waals surface area contributed by atoms with Crippen LogP contribution in [0.25, 0.3) is 0 Å². The van der Waals surface area contributed by atoms with Gasteiger partial charge < -0.3 is 5.11 Å². The number of nitro benzene ring substituents is 1. The lowest BCUT2D eigenvalue weighted by atomic mass is 10.2. The van der Waals surface area contributed by atoms with Gasteiger partial charge in [0.2, 0.25) is 10.0 Å². The highest BCUT2D eigenvalue weighted by Gasteiger charge is 2.29. The molecule has 0 spiro atoms. The second-order valence-electron chi connectivity index (χ2n) is 4.54. The molecule has 0 unspecified atom stereocenters. The van der Waals surface area contributed by atoms with Crippen molar-refractivity contribution in [2.24, 2.45) is 0 Å². The molecule has 0 amide bonds. The van der Waals surface area contributed by atoms with Crippen molar-refractivity contribution in [3.05, 3.63) is 32.8 Å². The minimum atomic E-state index is -4.19. The second-order valence-corrected chi connectivity index (χ2v) is 6.88. The molecule has 0 aromatic heterocycles. The van der Waals surface area contributed by atoms with E-state index in [0.29, 0.717) is 6.42 Å². The van der Waals surface area contributed by atoms with Gasteiger partial charge in [-0.2, -0.15) is 4.31 Å². The average Bonchev–Trinajstić information content (AvgIpc) is 2.40. The predicted molar refractivity (Wildman–Crippen MR) is 79.5 cm³/mol. The quantitative estimate of drug-likeness (QED) is 0.593. The molecule has 0 aliphatic carbocycles. The Balaban J connectivity index is 3.43. The van der Waals surface area contributed by atoms with E-state index in [-0.39, 0.29) is 17.1 Å². The van der Waals surface area contributed by atoms with Crippen LogP contribution in [0.15, 0.2) is 17.0 Å². The number of benzene rings is 1. The third kappa shape index (κ3) is 3.93. The van der Waals surface area contributed by atoms with E-state index in [0.717, 1.165) is 16.4 Å². The zero-order valence-corrected chi connectivity index (χ0v) is 13.5. The lowest BCUT2D eigenvalue weighted by Gasteiger charge is -2.20. The number of carboxylic acid groups (broad SMARTS) is 1. The van der Waals surface area contributed by atoms with Crippen molar-refractivity contribution in [1.82, 2.24) is 4.31 Å². The minimum absolute atomic E-state index is 0.0199. The number of rotatable bonds is 7. The Morgan fingerprint density at radius 2 is 2.05 bits per heavy atom. The highest BCUT2D eigenvalue weighted by Crippen LogP contribution is 2.30. The Kier molecular flexibility index (Phi) is 5.86. The number of carbonyl (C=O) groups is 1. The molecule has 122 valence electrons. The number of hydrogen-bond donors (Lipinski definition) is 1. The number of nitro groups is 1. The van der Waals surface area contributed by atoms with Crippen LogP contribution in [0.2, 0.25) is 5.02 Å². The summed E-state index contributed by atoms with van der Waals surface area (Å²) in [6, 6.07) is 1.98. The maximum absolute atomic E-state index is 12.5. The van der Waals surface area contributed by atoms with Crippen LogP contribution in [0.3, 0.4) is 0 Å². The largest absolute Gasteiger partial charge is 0.480 e. The fourth-order valence-corrected chi connectivity index (χ4v) is 3.62. The number of aliphatic carboxylic acids is 1. The summed E-state index contributed by atoms with van der Waals surface area (Å²) in [5, 5.41) is 19.7. The monoisotopic (exact) mass is 350 g/mol. The van der Waals surface area contributed by atoms with Crippen LogP contribution in [-0.2, 0) is 14.8 Å². The van der Waals surface area contributed by atoms with Gasteiger partial charge in [-0.25, -0.2) is 8.42 Å². The van der Waals surface area contributed by atoms with E-state index >= 15 is 0 Å². The van der Waals surface area contributed by atoms with Crippen LogP contribution in [-0.4, -0.2) is 41.8 Å². The standard InChI is InChI=1S/C12H15ClN2O6S/c1-3-4-14(7-12(16)17)22(20,21)9-5-10(13)8(2)11(6-9)15(18)19/h5-6H,3-4,7H2,1-2H3,(H,16,17). The molecule has 8 nitrogen and oxygen atoms in total. The van der Waals surface area contributed by atoms with E-state index < -0.39 is 38.0 Å². The molecule has 0 heterocycles. The molecule has 10 heteroatoms. The van der Waals surface area contributed by atoms with Crippen LogP contribution in [0.4, 0.5) is 5.69 Å². The SMILES string of the molecule is CCCN(CC(=O)O)S(=O)(=O)c1cc(Cl)c(C)c([N+](=O)[O-])c1. The summed E-state index contributed by atoms with van der Waals surface area (Å²) in [7, 11) is -4.19. The summed E-state index contributed by atoms with van der Waals surface area (Å²) >= 11 is 5.85. The maximum Gasteiger partial charge on any atom is 0.318 e. The third-order valence-corrected chi connectivity index (χ3v) is 5.13. The van der Waals surface area contributed by atoms with Gasteiger partial charge in [0.05, 0.1) is 14.8 Å². The van der Waals surface area contributed by atoms with Crippen LogP contribution in [0, 0.1) is 17.0 Å². The maximum atomic E-state index is 12.5. The first-order chi connectivity index (χ1) is 10.1. The Hall–Kier alpha value is -1.71. The minimum Gasteiger partial charge on any atom is -0.480 e. The number of sulfonamides is 1. The number of nitrogens with zero attached hydrogens (tertiary/aromatic N) is 2. The molecule has 0 saturated carbocycles. The zero-order chi connectivity index (χ0) is 17.1. The van der Waals surface area contributed by atoms with E-state index in [4.69, 9.17) is 16.7 Å². The fraction of sp³-hybridized carbons (Fsp3) is 0.417. The molecule has 1 aromatic carbocycles. The second kappa shape index (κ2) is 7.03. The third-order valence-electron chi connectivity index (χ3n) is 2.91. The Bertz CT molecular complexity index is 704. The molecule has 0 atom stereocenters. The Morgan fingerprint density at radius 1 is 1.45 bits per heavy atom. The molecule has 1 aromatic rings. The molecule has 0 aliphatic heterocycles. The zero-order valence-electron chi connectivity index (χ0n) is 11.9. The van der Waals surface area contributed by atoms with E-state index in [2.05, 4.69) is 0 Å². The summed E-state index contributed by atoms with van der Waals surface area (Å²) in [5.41, 5.74) is -0.288. The first-order valence-electron chi connectivity index (χ1n) is 6.27. The van der Waals surface area contributed by atoms with Crippen molar-refractivity contribution in [3.8, 4) is 0 Å². The van der Waals surface area contributed by atoms with Gasteiger partial charge in [-0.15, -0.1) is 0 Å². The molecule has 22 heavy (non-hydrogen) atoms. The highest BCUT2D eigenvalue weighted by atomic mass is 35.5. The van der Waals surface area contributed by atoms with Crippen molar-refractivity contribution < 1.29 is 23.2 Å². The number of halogens is 1. The van der Waals surface area contributed by atoms with Gasteiger partial charge in [0.15, 0.2) is 0 Å².